The molecule has 94 valence electrons. The molecule has 18 heavy (non-hydrogen) atoms. The van der Waals surface area contributed by atoms with E-state index < -0.39 is 0 Å². The summed E-state index contributed by atoms with van der Waals surface area (Å²) in [5, 5.41) is 2.55. The molecule has 0 aromatic heterocycles. The monoisotopic (exact) mass is 261 g/mol. The third kappa shape index (κ3) is 2.08. The molecule has 1 fully saturated rings. The first-order valence-electron chi connectivity index (χ1n) is 6.21. The summed E-state index contributed by atoms with van der Waals surface area (Å²) in [6.07, 6.45) is 0. The zero-order chi connectivity index (χ0) is 12.4. The zero-order valence-electron chi connectivity index (χ0n) is 10.5. The van der Waals surface area contributed by atoms with E-state index in [4.69, 9.17) is 9.47 Å². The number of hydrogen-bond acceptors (Lipinski definition) is 2. The van der Waals surface area contributed by atoms with Crippen LogP contribution in [-0.2, 0) is 15.6 Å². The Hall–Kier alpha value is -1.19. The van der Waals surface area contributed by atoms with Crippen molar-refractivity contribution in [2.24, 2.45) is 0 Å². The first-order chi connectivity index (χ1) is 8.90. The molecule has 0 radical (unpaired) electrons. The highest BCUT2D eigenvalue weighted by Gasteiger charge is 2.27. The van der Waals surface area contributed by atoms with E-state index in [0.29, 0.717) is 10.9 Å². The maximum Gasteiger partial charge on any atom is 0.163 e. The average molecular weight is 261 g/mol. The summed E-state index contributed by atoms with van der Waals surface area (Å²) >= 11 is 0. The van der Waals surface area contributed by atoms with E-state index in [9.17, 15) is 0 Å². The van der Waals surface area contributed by atoms with Gasteiger partial charge in [0, 0.05) is 21.7 Å². The Morgan fingerprint density at radius 2 is 1.72 bits per heavy atom. The SMILES string of the molecule is COc1ccc([S+]2CCOCC2)c2ccccc12. The van der Waals surface area contributed by atoms with Crippen LogP contribution in [0, 0.1) is 0 Å². The molecule has 0 aliphatic carbocycles. The van der Waals surface area contributed by atoms with Crippen molar-refractivity contribution < 1.29 is 9.47 Å². The maximum atomic E-state index is 5.46. The van der Waals surface area contributed by atoms with Gasteiger partial charge in [-0.15, -0.1) is 0 Å². The van der Waals surface area contributed by atoms with E-state index >= 15 is 0 Å². The lowest BCUT2D eigenvalue weighted by Crippen LogP contribution is -2.26. The van der Waals surface area contributed by atoms with Gasteiger partial charge in [0.2, 0.25) is 0 Å². The molecule has 0 saturated carbocycles. The molecule has 1 aliphatic heterocycles. The average Bonchev–Trinajstić information content (AvgIpc) is 2.47. The van der Waals surface area contributed by atoms with E-state index in [1.807, 2.05) is 0 Å². The van der Waals surface area contributed by atoms with Crippen LogP contribution in [0.4, 0.5) is 0 Å². The number of fused-ring (bicyclic) bond motifs is 1. The lowest BCUT2D eigenvalue weighted by atomic mass is 10.1. The van der Waals surface area contributed by atoms with Gasteiger partial charge in [0.15, 0.2) is 4.90 Å². The van der Waals surface area contributed by atoms with Gasteiger partial charge >= 0.3 is 0 Å². The molecule has 2 aromatic rings. The zero-order valence-corrected chi connectivity index (χ0v) is 11.3. The van der Waals surface area contributed by atoms with E-state index in [0.717, 1.165) is 30.5 Å². The Labute approximate surface area is 110 Å². The minimum Gasteiger partial charge on any atom is -0.496 e. The molecule has 3 heteroatoms. The van der Waals surface area contributed by atoms with Crippen molar-refractivity contribution in [1.29, 1.82) is 0 Å². The lowest BCUT2D eigenvalue weighted by Gasteiger charge is -2.16. The third-order valence-electron chi connectivity index (χ3n) is 3.32. The summed E-state index contributed by atoms with van der Waals surface area (Å²) in [6.45, 7) is 1.78. The molecule has 3 rings (SSSR count). The van der Waals surface area contributed by atoms with Gasteiger partial charge in [0.05, 0.1) is 20.3 Å². The number of benzene rings is 2. The van der Waals surface area contributed by atoms with Crippen LogP contribution in [0.1, 0.15) is 0 Å². The van der Waals surface area contributed by atoms with Gasteiger partial charge in [0.25, 0.3) is 0 Å². The highest BCUT2D eigenvalue weighted by atomic mass is 32.2. The molecular weight excluding hydrogens is 244 g/mol. The molecule has 0 amide bonds. The van der Waals surface area contributed by atoms with Crippen LogP contribution in [0.2, 0.25) is 0 Å². The van der Waals surface area contributed by atoms with Crippen molar-refractivity contribution in [1.82, 2.24) is 0 Å². The van der Waals surface area contributed by atoms with E-state index in [-0.39, 0.29) is 0 Å². The Bertz CT molecular complexity index is 547. The van der Waals surface area contributed by atoms with Crippen LogP contribution in [-0.4, -0.2) is 31.8 Å². The van der Waals surface area contributed by atoms with Crippen molar-refractivity contribution in [3.63, 3.8) is 0 Å². The molecular formula is C15H17O2S+. The predicted octanol–water partition coefficient (Wildman–Crippen LogP) is 2.86. The molecule has 1 aliphatic rings. The summed E-state index contributed by atoms with van der Waals surface area (Å²) in [7, 11) is 2.06. The summed E-state index contributed by atoms with van der Waals surface area (Å²) < 4.78 is 10.9. The first kappa shape index (κ1) is 11.9. The summed E-state index contributed by atoms with van der Waals surface area (Å²) in [5.74, 6) is 3.26. The van der Waals surface area contributed by atoms with E-state index in [1.54, 1.807) is 7.11 Å². The standard InChI is InChI=1S/C15H17O2S/c1-16-14-6-7-15(18-10-8-17-9-11-18)13-5-3-2-4-12(13)14/h2-7H,8-11H2,1H3/q+1. The van der Waals surface area contributed by atoms with Crippen molar-refractivity contribution in [2.75, 3.05) is 31.8 Å². The fourth-order valence-corrected chi connectivity index (χ4v) is 4.45. The third-order valence-corrected chi connectivity index (χ3v) is 5.62. The summed E-state index contributed by atoms with van der Waals surface area (Å²) in [6, 6.07) is 12.9. The topological polar surface area (TPSA) is 18.5 Å². The van der Waals surface area contributed by atoms with Crippen LogP contribution in [0.5, 0.6) is 5.75 Å². The number of methoxy groups -OCH3 is 1. The fourth-order valence-electron chi connectivity index (χ4n) is 2.42. The second-order valence-corrected chi connectivity index (χ2v) is 6.57. The second-order valence-electron chi connectivity index (χ2n) is 4.32. The highest BCUT2D eigenvalue weighted by molar-refractivity contribution is 7.97. The largest absolute Gasteiger partial charge is 0.496 e. The Balaban J connectivity index is 2.12. The van der Waals surface area contributed by atoms with Crippen molar-refractivity contribution in [3.05, 3.63) is 36.4 Å². The van der Waals surface area contributed by atoms with Crippen molar-refractivity contribution in [2.45, 2.75) is 4.90 Å². The summed E-state index contributed by atoms with van der Waals surface area (Å²) in [5.41, 5.74) is 0. The Morgan fingerprint density at radius 3 is 2.44 bits per heavy atom. The smallest absolute Gasteiger partial charge is 0.163 e. The highest BCUT2D eigenvalue weighted by Crippen LogP contribution is 2.32. The van der Waals surface area contributed by atoms with Gasteiger partial charge in [-0.2, -0.15) is 0 Å². The second kappa shape index (κ2) is 5.21. The quantitative estimate of drug-likeness (QED) is 0.774. The molecule has 1 heterocycles. The van der Waals surface area contributed by atoms with Gasteiger partial charge in [-0.1, -0.05) is 18.2 Å². The van der Waals surface area contributed by atoms with Crippen molar-refractivity contribution >= 4 is 21.7 Å². The van der Waals surface area contributed by atoms with Crippen LogP contribution in [0.15, 0.2) is 41.3 Å². The molecule has 1 saturated heterocycles. The molecule has 0 bridgehead atoms. The van der Waals surface area contributed by atoms with Gasteiger partial charge in [0.1, 0.15) is 17.3 Å². The van der Waals surface area contributed by atoms with Gasteiger partial charge in [-0.05, 0) is 18.2 Å². The van der Waals surface area contributed by atoms with Crippen molar-refractivity contribution in [3.8, 4) is 5.75 Å². The number of hydrogen-bond donors (Lipinski definition) is 0. The van der Waals surface area contributed by atoms with Crippen LogP contribution >= 0.6 is 0 Å². The number of ether oxygens (including phenoxy) is 2. The molecule has 0 spiro atoms. The molecule has 0 unspecified atom stereocenters. The first-order valence-corrected chi connectivity index (χ1v) is 7.77. The van der Waals surface area contributed by atoms with E-state index in [1.165, 1.54) is 15.7 Å². The Kier molecular flexibility index (Phi) is 3.43. The fraction of sp³-hybridized carbons (Fsp3) is 0.333. The lowest BCUT2D eigenvalue weighted by molar-refractivity contribution is 0.159. The van der Waals surface area contributed by atoms with Gasteiger partial charge < -0.3 is 9.47 Å². The van der Waals surface area contributed by atoms with Crippen LogP contribution in [0.3, 0.4) is 0 Å². The summed E-state index contributed by atoms with van der Waals surface area (Å²) in [4.78, 5) is 1.47. The molecule has 2 nitrogen and oxygen atoms in total. The van der Waals surface area contributed by atoms with Gasteiger partial charge in [-0.3, -0.25) is 0 Å². The van der Waals surface area contributed by atoms with Gasteiger partial charge in [-0.25, -0.2) is 0 Å². The number of rotatable bonds is 2. The normalized spacial score (nSPS) is 16.9. The minimum absolute atomic E-state index is 0.327. The Morgan fingerprint density at radius 1 is 1.00 bits per heavy atom. The van der Waals surface area contributed by atoms with Crippen LogP contribution in [0.25, 0.3) is 10.8 Å². The predicted molar refractivity (Wildman–Crippen MR) is 76.7 cm³/mol. The van der Waals surface area contributed by atoms with E-state index in [2.05, 4.69) is 36.4 Å². The maximum absolute atomic E-state index is 5.46. The van der Waals surface area contributed by atoms with Crippen LogP contribution < -0.4 is 4.74 Å². The molecule has 0 N–H and O–H groups in total. The minimum atomic E-state index is 0.327. The molecule has 0 atom stereocenters. The molecule has 2 aromatic carbocycles.